The summed E-state index contributed by atoms with van der Waals surface area (Å²) in [6.07, 6.45) is 0. The van der Waals surface area contributed by atoms with Crippen molar-refractivity contribution in [1.82, 2.24) is 4.90 Å². The van der Waals surface area contributed by atoms with Crippen LogP contribution in [0, 0.1) is 5.82 Å². The molecule has 4 nitrogen and oxygen atoms in total. The van der Waals surface area contributed by atoms with E-state index in [9.17, 15) is 4.39 Å². The van der Waals surface area contributed by atoms with Crippen LogP contribution in [0.5, 0.6) is 5.75 Å². The number of anilines is 2. The molecule has 0 bridgehead atoms. The van der Waals surface area contributed by atoms with E-state index in [1.807, 2.05) is 0 Å². The van der Waals surface area contributed by atoms with Crippen molar-refractivity contribution >= 4 is 11.4 Å². The second-order valence-electron chi connectivity index (χ2n) is 5.16. The van der Waals surface area contributed by atoms with E-state index in [4.69, 9.17) is 10.5 Å². The number of hydrogen-bond acceptors (Lipinski definition) is 4. The molecule has 0 radical (unpaired) electrons. The molecule has 0 amide bonds. The zero-order valence-electron chi connectivity index (χ0n) is 11.8. The summed E-state index contributed by atoms with van der Waals surface area (Å²) in [5, 5.41) is 0. The van der Waals surface area contributed by atoms with E-state index in [2.05, 4.69) is 23.6 Å². The van der Waals surface area contributed by atoms with Crippen molar-refractivity contribution in [3.8, 4) is 5.75 Å². The average molecular weight is 267 g/mol. The first-order valence-electron chi connectivity index (χ1n) is 6.65. The summed E-state index contributed by atoms with van der Waals surface area (Å²) in [5.41, 5.74) is 6.62. The third-order valence-corrected chi connectivity index (χ3v) is 3.68. The third kappa shape index (κ3) is 2.92. The maximum Gasteiger partial charge on any atom is 0.148 e. The van der Waals surface area contributed by atoms with Gasteiger partial charge in [-0.25, -0.2) is 4.39 Å². The lowest BCUT2D eigenvalue weighted by Gasteiger charge is -2.38. The number of ether oxygens (including phenoxy) is 1. The number of methoxy groups -OCH3 is 1. The minimum Gasteiger partial charge on any atom is -0.495 e. The average Bonchev–Trinajstić information content (AvgIpc) is 2.39. The van der Waals surface area contributed by atoms with Gasteiger partial charge in [0, 0.05) is 44.4 Å². The van der Waals surface area contributed by atoms with Crippen LogP contribution in [0.2, 0.25) is 0 Å². The van der Waals surface area contributed by atoms with Gasteiger partial charge in [0.05, 0.1) is 18.5 Å². The van der Waals surface area contributed by atoms with E-state index in [1.165, 1.54) is 6.07 Å². The first-order chi connectivity index (χ1) is 9.02. The van der Waals surface area contributed by atoms with Crippen LogP contribution in [0.4, 0.5) is 15.8 Å². The number of hydrogen-bond donors (Lipinski definition) is 1. The minimum absolute atomic E-state index is 0.281. The third-order valence-electron chi connectivity index (χ3n) is 3.68. The molecule has 1 saturated heterocycles. The largest absolute Gasteiger partial charge is 0.495 e. The van der Waals surface area contributed by atoms with E-state index in [1.54, 1.807) is 13.2 Å². The van der Waals surface area contributed by atoms with Crippen LogP contribution < -0.4 is 15.4 Å². The maximum atomic E-state index is 14.0. The van der Waals surface area contributed by atoms with Crippen LogP contribution in [0.25, 0.3) is 0 Å². The summed E-state index contributed by atoms with van der Waals surface area (Å²) >= 11 is 0. The van der Waals surface area contributed by atoms with Gasteiger partial charge < -0.3 is 15.4 Å². The number of rotatable bonds is 3. The molecule has 0 aromatic heterocycles. The second-order valence-corrected chi connectivity index (χ2v) is 5.16. The van der Waals surface area contributed by atoms with Crippen molar-refractivity contribution in [2.75, 3.05) is 43.9 Å². The molecular weight excluding hydrogens is 245 g/mol. The standard InChI is InChI=1S/C14H22FN3O/c1-10(2)17-4-6-18(7-5-17)13-9-14(19-3)12(16)8-11(13)15/h8-10H,4-7,16H2,1-3H3. The van der Waals surface area contributed by atoms with Crippen LogP contribution in [0.3, 0.4) is 0 Å². The SMILES string of the molecule is COc1cc(N2CCN(C(C)C)CC2)c(F)cc1N. The highest BCUT2D eigenvalue weighted by Gasteiger charge is 2.22. The lowest BCUT2D eigenvalue weighted by Crippen LogP contribution is -2.49. The summed E-state index contributed by atoms with van der Waals surface area (Å²) in [6, 6.07) is 3.56. The highest BCUT2D eigenvalue weighted by atomic mass is 19.1. The van der Waals surface area contributed by atoms with Gasteiger partial charge in [0.2, 0.25) is 0 Å². The van der Waals surface area contributed by atoms with E-state index < -0.39 is 0 Å². The topological polar surface area (TPSA) is 41.7 Å². The molecule has 2 rings (SSSR count). The molecule has 1 fully saturated rings. The summed E-state index contributed by atoms with van der Waals surface area (Å²) in [4.78, 5) is 4.44. The van der Waals surface area contributed by atoms with Gasteiger partial charge in [-0.15, -0.1) is 0 Å². The molecule has 1 aromatic carbocycles. The summed E-state index contributed by atoms with van der Waals surface area (Å²) in [5.74, 6) is 0.249. The number of benzene rings is 1. The summed E-state index contributed by atoms with van der Waals surface area (Å²) in [7, 11) is 1.55. The quantitative estimate of drug-likeness (QED) is 0.850. The lowest BCUT2D eigenvalue weighted by atomic mass is 10.2. The molecule has 106 valence electrons. The number of halogens is 1. The Morgan fingerprint density at radius 1 is 1.21 bits per heavy atom. The van der Waals surface area contributed by atoms with Crippen LogP contribution in [-0.2, 0) is 0 Å². The highest BCUT2D eigenvalue weighted by molar-refractivity contribution is 5.63. The molecule has 0 atom stereocenters. The van der Waals surface area contributed by atoms with E-state index in [0.717, 1.165) is 26.2 Å². The van der Waals surface area contributed by atoms with Crippen molar-refractivity contribution < 1.29 is 9.13 Å². The maximum absolute atomic E-state index is 14.0. The molecule has 2 N–H and O–H groups in total. The summed E-state index contributed by atoms with van der Waals surface area (Å²) in [6.45, 7) is 7.91. The molecule has 1 heterocycles. The minimum atomic E-state index is -0.281. The van der Waals surface area contributed by atoms with Crippen molar-refractivity contribution in [3.05, 3.63) is 17.9 Å². The van der Waals surface area contributed by atoms with Crippen LogP contribution >= 0.6 is 0 Å². The van der Waals surface area contributed by atoms with Gasteiger partial charge in [-0.3, -0.25) is 4.90 Å². The van der Waals surface area contributed by atoms with E-state index in [-0.39, 0.29) is 5.82 Å². The van der Waals surface area contributed by atoms with Crippen molar-refractivity contribution in [3.63, 3.8) is 0 Å². The predicted molar refractivity (Wildman–Crippen MR) is 76.3 cm³/mol. The first-order valence-corrected chi connectivity index (χ1v) is 6.65. The van der Waals surface area contributed by atoms with Crippen molar-refractivity contribution in [1.29, 1.82) is 0 Å². The fourth-order valence-corrected chi connectivity index (χ4v) is 2.46. The number of nitrogen functional groups attached to an aromatic ring is 1. The molecule has 5 heteroatoms. The monoisotopic (exact) mass is 267 g/mol. The molecule has 1 aliphatic rings. The Labute approximate surface area is 113 Å². The fourth-order valence-electron chi connectivity index (χ4n) is 2.46. The Kier molecular flexibility index (Phi) is 4.14. The normalized spacial score (nSPS) is 17.0. The van der Waals surface area contributed by atoms with Crippen LogP contribution in [0.1, 0.15) is 13.8 Å². The molecule has 1 aromatic rings. The van der Waals surface area contributed by atoms with Crippen LogP contribution in [0.15, 0.2) is 12.1 Å². The van der Waals surface area contributed by atoms with E-state index >= 15 is 0 Å². The molecular formula is C14H22FN3O. The number of nitrogens with zero attached hydrogens (tertiary/aromatic N) is 2. The summed E-state index contributed by atoms with van der Waals surface area (Å²) < 4.78 is 19.2. The van der Waals surface area contributed by atoms with Crippen LogP contribution in [-0.4, -0.2) is 44.2 Å². The van der Waals surface area contributed by atoms with Gasteiger partial charge in [-0.2, -0.15) is 0 Å². The second kappa shape index (κ2) is 5.65. The molecule has 0 spiro atoms. The highest BCUT2D eigenvalue weighted by Crippen LogP contribution is 2.31. The molecule has 1 aliphatic heterocycles. The van der Waals surface area contributed by atoms with Crippen molar-refractivity contribution in [2.24, 2.45) is 0 Å². The fraction of sp³-hybridized carbons (Fsp3) is 0.571. The number of piperazine rings is 1. The van der Waals surface area contributed by atoms with Gasteiger partial charge in [-0.1, -0.05) is 0 Å². The number of nitrogens with two attached hydrogens (primary N) is 1. The molecule has 19 heavy (non-hydrogen) atoms. The Morgan fingerprint density at radius 3 is 2.37 bits per heavy atom. The van der Waals surface area contributed by atoms with Gasteiger partial charge in [0.15, 0.2) is 0 Å². The van der Waals surface area contributed by atoms with Crippen molar-refractivity contribution in [2.45, 2.75) is 19.9 Å². The van der Waals surface area contributed by atoms with Gasteiger partial charge >= 0.3 is 0 Å². The van der Waals surface area contributed by atoms with Gasteiger partial charge in [0.1, 0.15) is 11.6 Å². The Morgan fingerprint density at radius 2 is 1.84 bits per heavy atom. The first kappa shape index (κ1) is 13.9. The Bertz CT molecular complexity index is 443. The van der Waals surface area contributed by atoms with Gasteiger partial charge in [-0.05, 0) is 13.8 Å². The molecule has 0 aliphatic carbocycles. The smallest absolute Gasteiger partial charge is 0.148 e. The Hall–Kier alpha value is -1.49. The zero-order valence-corrected chi connectivity index (χ0v) is 11.8. The Balaban J connectivity index is 2.15. The molecule has 0 saturated carbocycles. The lowest BCUT2D eigenvalue weighted by molar-refractivity contribution is 0.209. The molecule has 0 unspecified atom stereocenters. The zero-order chi connectivity index (χ0) is 14.0. The predicted octanol–water partition coefficient (Wildman–Crippen LogP) is 1.95. The van der Waals surface area contributed by atoms with E-state index in [0.29, 0.717) is 23.2 Å². The van der Waals surface area contributed by atoms with Gasteiger partial charge in [0.25, 0.3) is 0 Å².